The van der Waals surface area contributed by atoms with Gasteiger partial charge in [0.15, 0.2) is 0 Å². The topological polar surface area (TPSA) is 29.3 Å². The van der Waals surface area contributed by atoms with Crippen LogP contribution >= 0.6 is 23.2 Å². The Morgan fingerprint density at radius 2 is 1.53 bits per heavy atom. The molecule has 0 amide bonds. The number of halogens is 2. The second kappa shape index (κ2) is 7.10. The van der Waals surface area contributed by atoms with E-state index < -0.39 is 0 Å². The molecule has 4 heteroatoms. The monoisotopic (exact) mass is 274 g/mol. The van der Waals surface area contributed by atoms with Gasteiger partial charge in [0.1, 0.15) is 0 Å². The van der Waals surface area contributed by atoms with Gasteiger partial charge < -0.3 is 5.73 Å². The average molecular weight is 275 g/mol. The van der Waals surface area contributed by atoms with Crippen molar-refractivity contribution < 1.29 is 0 Å². The lowest BCUT2D eigenvalue weighted by molar-refractivity contribution is 0.266. The number of anilines is 1. The van der Waals surface area contributed by atoms with E-state index in [1.165, 1.54) is 0 Å². The van der Waals surface area contributed by atoms with Gasteiger partial charge in [-0.25, -0.2) is 0 Å². The van der Waals surface area contributed by atoms with E-state index in [1.54, 1.807) is 0 Å². The molecule has 0 unspecified atom stereocenters. The number of nitrogens with two attached hydrogens (primary N) is 1. The third-order valence-corrected chi connectivity index (χ3v) is 3.25. The first-order chi connectivity index (χ1) is 8.08. The minimum Gasteiger partial charge on any atom is -0.396 e. The normalized spacial score (nSPS) is 11.1. The Bertz CT molecular complexity index is 337. The molecule has 17 heavy (non-hydrogen) atoms. The van der Waals surface area contributed by atoms with Crippen molar-refractivity contribution in [1.82, 2.24) is 4.90 Å². The summed E-state index contributed by atoms with van der Waals surface area (Å²) in [5.41, 5.74) is 7.31. The summed E-state index contributed by atoms with van der Waals surface area (Å²) in [5, 5.41) is 1.08. The Balaban J connectivity index is 2.78. The van der Waals surface area contributed by atoms with Crippen LogP contribution in [0.4, 0.5) is 5.69 Å². The van der Waals surface area contributed by atoms with E-state index in [4.69, 9.17) is 28.9 Å². The third kappa shape index (κ3) is 4.38. The van der Waals surface area contributed by atoms with Crippen LogP contribution in [0.1, 0.15) is 32.3 Å². The highest BCUT2D eigenvalue weighted by Crippen LogP contribution is 2.29. The van der Waals surface area contributed by atoms with Crippen LogP contribution in [0.25, 0.3) is 0 Å². The molecule has 2 nitrogen and oxygen atoms in total. The van der Waals surface area contributed by atoms with Crippen molar-refractivity contribution >= 4 is 28.9 Å². The molecule has 1 rings (SSSR count). The van der Waals surface area contributed by atoms with E-state index in [0.29, 0.717) is 15.7 Å². The lowest BCUT2D eigenvalue weighted by Gasteiger charge is -2.21. The van der Waals surface area contributed by atoms with Crippen molar-refractivity contribution in [2.45, 2.75) is 33.2 Å². The van der Waals surface area contributed by atoms with Gasteiger partial charge in [0.25, 0.3) is 0 Å². The Hall–Kier alpha value is -0.440. The smallest absolute Gasteiger partial charge is 0.0693 e. The van der Waals surface area contributed by atoms with Gasteiger partial charge in [-0.05, 0) is 43.6 Å². The lowest BCUT2D eigenvalue weighted by atomic mass is 10.2. The third-order valence-electron chi connectivity index (χ3n) is 2.62. The van der Waals surface area contributed by atoms with Gasteiger partial charge in [-0.2, -0.15) is 0 Å². The fraction of sp³-hybridized carbons (Fsp3) is 0.538. The molecule has 0 heterocycles. The molecule has 0 spiro atoms. The molecule has 0 saturated heterocycles. The molecule has 96 valence electrons. The molecular formula is C13H20Cl2N2. The van der Waals surface area contributed by atoms with Gasteiger partial charge in [-0.15, -0.1) is 0 Å². The van der Waals surface area contributed by atoms with Crippen LogP contribution in [0.2, 0.25) is 10.0 Å². The zero-order valence-corrected chi connectivity index (χ0v) is 12.0. The minimum absolute atomic E-state index is 0.467. The van der Waals surface area contributed by atoms with Gasteiger partial charge in [-0.3, -0.25) is 4.90 Å². The molecule has 1 aromatic carbocycles. The molecule has 0 atom stereocenters. The van der Waals surface area contributed by atoms with Crippen molar-refractivity contribution in [3.8, 4) is 0 Å². The van der Waals surface area contributed by atoms with Crippen molar-refractivity contribution in [2.24, 2.45) is 0 Å². The Kier molecular flexibility index (Phi) is 6.10. The summed E-state index contributed by atoms with van der Waals surface area (Å²) in [4.78, 5) is 2.40. The summed E-state index contributed by atoms with van der Waals surface area (Å²) in [6.45, 7) is 7.43. The highest BCUT2D eigenvalue weighted by atomic mass is 35.5. The van der Waals surface area contributed by atoms with Crippen molar-refractivity contribution in [3.63, 3.8) is 0 Å². The Labute approximate surface area is 114 Å². The van der Waals surface area contributed by atoms with Crippen LogP contribution in [-0.2, 0) is 6.54 Å². The molecule has 0 aliphatic heterocycles. The van der Waals surface area contributed by atoms with E-state index in [-0.39, 0.29) is 0 Å². The van der Waals surface area contributed by atoms with Crippen LogP contribution in [0.15, 0.2) is 12.1 Å². The van der Waals surface area contributed by atoms with E-state index in [0.717, 1.165) is 38.0 Å². The van der Waals surface area contributed by atoms with Gasteiger partial charge in [0.05, 0.1) is 15.7 Å². The quantitative estimate of drug-likeness (QED) is 0.788. The lowest BCUT2D eigenvalue weighted by Crippen LogP contribution is -2.24. The molecule has 0 aliphatic rings. The van der Waals surface area contributed by atoms with Crippen molar-refractivity contribution in [1.29, 1.82) is 0 Å². The van der Waals surface area contributed by atoms with Crippen LogP contribution < -0.4 is 5.73 Å². The maximum atomic E-state index is 6.03. The van der Waals surface area contributed by atoms with Gasteiger partial charge in [0.2, 0.25) is 0 Å². The number of nitrogens with zero attached hydrogens (tertiary/aromatic N) is 1. The minimum atomic E-state index is 0.467. The second-order valence-electron chi connectivity index (χ2n) is 4.25. The van der Waals surface area contributed by atoms with Crippen LogP contribution in [0.5, 0.6) is 0 Å². The molecular weight excluding hydrogens is 255 g/mol. The maximum absolute atomic E-state index is 6.03. The second-order valence-corrected chi connectivity index (χ2v) is 5.06. The zero-order valence-electron chi connectivity index (χ0n) is 10.5. The van der Waals surface area contributed by atoms with Gasteiger partial charge in [-0.1, -0.05) is 37.0 Å². The van der Waals surface area contributed by atoms with Gasteiger partial charge >= 0.3 is 0 Å². The van der Waals surface area contributed by atoms with E-state index in [2.05, 4.69) is 18.7 Å². The van der Waals surface area contributed by atoms with Crippen LogP contribution in [0, 0.1) is 0 Å². The standard InChI is InChI=1S/C13H20Cl2N2/c1-3-5-17(6-4-2)9-10-7-11(14)13(16)12(15)8-10/h7-8H,3-6,9,16H2,1-2H3. The highest BCUT2D eigenvalue weighted by Gasteiger charge is 2.08. The van der Waals surface area contributed by atoms with Gasteiger partial charge in [0, 0.05) is 6.54 Å². The number of hydrogen-bond donors (Lipinski definition) is 1. The molecule has 2 N–H and O–H groups in total. The number of benzene rings is 1. The first kappa shape index (κ1) is 14.6. The summed E-state index contributed by atoms with van der Waals surface area (Å²) < 4.78 is 0. The van der Waals surface area contributed by atoms with Crippen LogP contribution in [-0.4, -0.2) is 18.0 Å². The summed E-state index contributed by atoms with van der Waals surface area (Å²) in [6.07, 6.45) is 2.30. The number of rotatable bonds is 6. The van der Waals surface area contributed by atoms with E-state index in [1.807, 2.05) is 12.1 Å². The fourth-order valence-corrected chi connectivity index (χ4v) is 2.42. The highest BCUT2D eigenvalue weighted by molar-refractivity contribution is 6.38. The molecule has 0 bridgehead atoms. The Morgan fingerprint density at radius 1 is 1.06 bits per heavy atom. The molecule has 0 fully saturated rings. The van der Waals surface area contributed by atoms with E-state index in [9.17, 15) is 0 Å². The molecule has 1 aromatic rings. The largest absolute Gasteiger partial charge is 0.396 e. The molecule has 0 radical (unpaired) electrons. The summed E-state index contributed by atoms with van der Waals surface area (Å²) in [5.74, 6) is 0. The van der Waals surface area contributed by atoms with Crippen molar-refractivity contribution in [2.75, 3.05) is 18.8 Å². The predicted octanol–water partition coefficient (Wildman–Crippen LogP) is 4.20. The van der Waals surface area contributed by atoms with E-state index >= 15 is 0 Å². The number of hydrogen-bond acceptors (Lipinski definition) is 2. The first-order valence-corrected chi connectivity index (χ1v) is 6.79. The predicted molar refractivity (Wildman–Crippen MR) is 76.7 cm³/mol. The number of nitrogen functional groups attached to an aromatic ring is 1. The molecule has 0 saturated carbocycles. The fourth-order valence-electron chi connectivity index (χ4n) is 1.89. The molecule has 0 aliphatic carbocycles. The zero-order chi connectivity index (χ0) is 12.8. The maximum Gasteiger partial charge on any atom is 0.0693 e. The summed E-state index contributed by atoms with van der Waals surface area (Å²) in [7, 11) is 0. The molecule has 0 aromatic heterocycles. The van der Waals surface area contributed by atoms with Crippen LogP contribution in [0.3, 0.4) is 0 Å². The average Bonchev–Trinajstić information content (AvgIpc) is 2.26. The van der Waals surface area contributed by atoms with Crippen molar-refractivity contribution in [3.05, 3.63) is 27.7 Å². The SMILES string of the molecule is CCCN(CCC)Cc1cc(Cl)c(N)c(Cl)c1. The Morgan fingerprint density at radius 3 is 1.94 bits per heavy atom. The first-order valence-electron chi connectivity index (χ1n) is 6.04. The summed E-state index contributed by atoms with van der Waals surface area (Å²) in [6, 6.07) is 3.81. The summed E-state index contributed by atoms with van der Waals surface area (Å²) >= 11 is 12.1.